The van der Waals surface area contributed by atoms with Crippen LogP contribution in [-0.2, 0) is 23.9 Å². The summed E-state index contributed by atoms with van der Waals surface area (Å²) in [7, 11) is 1.99. The number of anilines is 1. The van der Waals surface area contributed by atoms with E-state index >= 15 is 0 Å². The van der Waals surface area contributed by atoms with Crippen LogP contribution in [0.4, 0.5) is 18.9 Å². The van der Waals surface area contributed by atoms with Gasteiger partial charge in [-0.25, -0.2) is 0 Å². The third-order valence-electron chi connectivity index (χ3n) is 6.68. The second kappa shape index (κ2) is 12.3. The molecule has 2 aromatic carbocycles. The van der Waals surface area contributed by atoms with Crippen molar-refractivity contribution in [3.05, 3.63) is 93.8 Å². The Bertz CT molecular complexity index is 1470. The smallest absolute Gasteiger partial charge is 0.369 e. The molecule has 1 saturated heterocycles. The molecule has 1 fully saturated rings. The summed E-state index contributed by atoms with van der Waals surface area (Å²) in [5.41, 5.74) is 7.58. The first-order valence-electron chi connectivity index (χ1n) is 12.8. The van der Waals surface area contributed by atoms with Crippen molar-refractivity contribution in [3.63, 3.8) is 0 Å². The maximum Gasteiger partial charge on any atom is 0.416 e. The minimum atomic E-state index is -4.56. The second-order valence-corrected chi connectivity index (χ2v) is 9.91. The van der Waals surface area contributed by atoms with Crippen molar-refractivity contribution in [3.8, 4) is 11.8 Å². The standard InChI is InChI=1S/C30H30F3N5O2/c1-20-3-5-24(15-23(20)6-4-21-13-22(14-28(34)39)18-35-17-21)29(40)36-26-8-7-25(27(16-26)30(31,32)33)19-38-11-9-37(2)10-12-38/h3,5,7-8,13,15-18H,9-12,14,19H2,1-2H3,(H2,34,39)(H,36,40). The Morgan fingerprint density at radius 2 is 1.77 bits per heavy atom. The van der Waals surface area contributed by atoms with E-state index in [1.807, 2.05) is 18.9 Å². The van der Waals surface area contributed by atoms with Crippen LogP contribution in [0, 0.1) is 18.8 Å². The van der Waals surface area contributed by atoms with Crippen LogP contribution >= 0.6 is 0 Å². The van der Waals surface area contributed by atoms with Gasteiger partial charge in [0.15, 0.2) is 0 Å². The number of benzene rings is 2. The van der Waals surface area contributed by atoms with Gasteiger partial charge in [-0.05, 0) is 61.0 Å². The van der Waals surface area contributed by atoms with Crippen LogP contribution in [0.5, 0.6) is 0 Å². The van der Waals surface area contributed by atoms with E-state index in [1.54, 1.807) is 30.5 Å². The highest BCUT2D eigenvalue weighted by Crippen LogP contribution is 2.34. The van der Waals surface area contributed by atoms with Crippen molar-refractivity contribution in [1.29, 1.82) is 0 Å². The number of halogens is 3. The zero-order valence-corrected chi connectivity index (χ0v) is 22.3. The zero-order chi connectivity index (χ0) is 28.9. The molecule has 208 valence electrons. The lowest BCUT2D eigenvalue weighted by molar-refractivity contribution is -0.138. The van der Waals surface area contributed by atoms with E-state index in [0.29, 0.717) is 29.8 Å². The molecule has 0 saturated carbocycles. The number of aryl methyl sites for hydroxylation is 1. The number of primary amides is 1. The predicted molar refractivity (Wildman–Crippen MR) is 146 cm³/mol. The van der Waals surface area contributed by atoms with Crippen LogP contribution in [0.15, 0.2) is 54.9 Å². The van der Waals surface area contributed by atoms with E-state index in [4.69, 9.17) is 5.73 Å². The van der Waals surface area contributed by atoms with Gasteiger partial charge in [-0.15, -0.1) is 0 Å². The number of amides is 2. The van der Waals surface area contributed by atoms with Crippen molar-refractivity contribution in [2.24, 2.45) is 5.73 Å². The Balaban J connectivity index is 1.52. The molecule has 1 aliphatic rings. The average Bonchev–Trinajstić information content (AvgIpc) is 2.89. The van der Waals surface area contributed by atoms with Gasteiger partial charge in [-0.1, -0.05) is 24.0 Å². The zero-order valence-electron chi connectivity index (χ0n) is 22.3. The van der Waals surface area contributed by atoms with Crippen LogP contribution in [0.25, 0.3) is 0 Å². The lowest BCUT2D eigenvalue weighted by atomic mass is 10.0. The van der Waals surface area contributed by atoms with Gasteiger partial charge in [-0.3, -0.25) is 19.5 Å². The molecule has 40 heavy (non-hydrogen) atoms. The van der Waals surface area contributed by atoms with E-state index in [9.17, 15) is 22.8 Å². The molecule has 1 aliphatic heterocycles. The molecule has 2 amide bonds. The Morgan fingerprint density at radius 1 is 1.02 bits per heavy atom. The number of pyridine rings is 1. The third-order valence-corrected chi connectivity index (χ3v) is 6.68. The molecule has 0 spiro atoms. The molecule has 1 aromatic heterocycles. The average molecular weight is 550 g/mol. The number of likely N-dealkylation sites (N-methyl/N-ethyl adjacent to an activating group) is 1. The van der Waals surface area contributed by atoms with Gasteiger partial charge >= 0.3 is 6.18 Å². The van der Waals surface area contributed by atoms with Gasteiger partial charge in [0.2, 0.25) is 5.91 Å². The lowest BCUT2D eigenvalue weighted by Crippen LogP contribution is -2.44. The number of hydrogen-bond donors (Lipinski definition) is 2. The van der Waals surface area contributed by atoms with Crippen LogP contribution in [0.2, 0.25) is 0 Å². The number of carbonyl (C=O) groups excluding carboxylic acids is 2. The SMILES string of the molecule is Cc1ccc(C(=O)Nc2ccc(CN3CCN(C)CC3)c(C(F)(F)F)c2)cc1C#Cc1cncc(CC(N)=O)c1. The molecule has 0 bridgehead atoms. The van der Waals surface area contributed by atoms with Gasteiger partial charge < -0.3 is 16.0 Å². The highest BCUT2D eigenvalue weighted by Gasteiger charge is 2.34. The summed E-state index contributed by atoms with van der Waals surface area (Å²) in [5.74, 6) is 4.95. The van der Waals surface area contributed by atoms with Gasteiger partial charge in [0.1, 0.15) is 0 Å². The maximum absolute atomic E-state index is 13.9. The molecule has 2 heterocycles. The summed E-state index contributed by atoms with van der Waals surface area (Å²) in [6.45, 7) is 5.02. The van der Waals surface area contributed by atoms with Gasteiger partial charge in [0, 0.05) is 67.5 Å². The Labute approximate surface area is 231 Å². The minimum Gasteiger partial charge on any atom is -0.369 e. The number of carbonyl (C=O) groups is 2. The van der Waals surface area contributed by atoms with Crippen molar-refractivity contribution in [2.75, 3.05) is 38.5 Å². The van der Waals surface area contributed by atoms with Crippen LogP contribution in [-0.4, -0.2) is 59.8 Å². The fraction of sp³-hybridized carbons (Fsp3) is 0.300. The molecular formula is C30H30F3N5O2. The summed E-state index contributed by atoms with van der Waals surface area (Å²) < 4.78 is 41.8. The maximum atomic E-state index is 13.9. The number of nitrogens with one attached hydrogen (secondary N) is 1. The molecule has 0 unspecified atom stereocenters. The summed E-state index contributed by atoms with van der Waals surface area (Å²) in [6.07, 6.45) is -1.42. The van der Waals surface area contributed by atoms with Crippen LogP contribution in [0.3, 0.4) is 0 Å². The van der Waals surface area contributed by atoms with Crippen molar-refractivity contribution in [1.82, 2.24) is 14.8 Å². The predicted octanol–water partition coefficient (Wildman–Crippen LogP) is 3.84. The molecular weight excluding hydrogens is 519 g/mol. The van der Waals surface area contributed by atoms with E-state index in [-0.39, 0.29) is 29.8 Å². The molecule has 10 heteroatoms. The van der Waals surface area contributed by atoms with E-state index in [1.165, 1.54) is 18.3 Å². The highest BCUT2D eigenvalue weighted by molar-refractivity contribution is 6.04. The van der Waals surface area contributed by atoms with Crippen LogP contribution < -0.4 is 11.1 Å². The van der Waals surface area contributed by atoms with Gasteiger partial charge in [0.05, 0.1) is 12.0 Å². The highest BCUT2D eigenvalue weighted by atomic mass is 19.4. The molecule has 0 radical (unpaired) electrons. The number of piperazine rings is 1. The van der Waals surface area contributed by atoms with Crippen molar-refractivity contribution < 1.29 is 22.8 Å². The van der Waals surface area contributed by atoms with Crippen LogP contribution in [0.1, 0.15) is 43.7 Å². The number of nitrogens with zero attached hydrogens (tertiary/aromatic N) is 3. The number of nitrogens with two attached hydrogens (primary N) is 1. The second-order valence-electron chi connectivity index (χ2n) is 9.91. The van der Waals surface area contributed by atoms with Gasteiger partial charge in [0.25, 0.3) is 5.91 Å². The summed E-state index contributed by atoms with van der Waals surface area (Å²) >= 11 is 0. The monoisotopic (exact) mass is 549 g/mol. The first-order chi connectivity index (χ1) is 19.0. The first kappa shape index (κ1) is 28.8. The molecule has 7 nitrogen and oxygen atoms in total. The normalized spacial score (nSPS) is 14.3. The Kier molecular flexibility index (Phi) is 8.87. The lowest BCUT2D eigenvalue weighted by Gasteiger charge is -2.33. The molecule has 3 aromatic rings. The number of alkyl halides is 3. The summed E-state index contributed by atoms with van der Waals surface area (Å²) in [6, 6.07) is 10.5. The van der Waals surface area contributed by atoms with E-state index in [0.717, 1.165) is 24.7 Å². The fourth-order valence-electron chi connectivity index (χ4n) is 4.40. The van der Waals surface area contributed by atoms with Crippen molar-refractivity contribution >= 4 is 17.5 Å². The number of rotatable bonds is 6. The Hall–Kier alpha value is -4.20. The quantitative estimate of drug-likeness (QED) is 0.456. The summed E-state index contributed by atoms with van der Waals surface area (Å²) in [4.78, 5) is 32.4. The topological polar surface area (TPSA) is 91.6 Å². The van der Waals surface area contributed by atoms with E-state index < -0.39 is 23.6 Å². The number of aromatic nitrogens is 1. The molecule has 0 atom stereocenters. The largest absolute Gasteiger partial charge is 0.416 e. The Morgan fingerprint density at radius 3 is 2.48 bits per heavy atom. The number of hydrogen-bond acceptors (Lipinski definition) is 5. The first-order valence-corrected chi connectivity index (χ1v) is 12.8. The fourth-order valence-corrected chi connectivity index (χ4v) is 4.40. The van der Waals surface area contributed by atoms with E-state index in [2.05, 4.69) is 27.0 Å². The summed E-state index contributed by atoms with van der Waals surface area (Å²) in [5, 5.41) is 2.59. The molecule has 4 rings (SSSR count). The van der Waals surface area contributed by atoms with Crippen molar-refractivity contribution in [2.45, 2.75) is 26.1 Å². The minimum absolute atomic E-state index is 0.0457. The third kappa shape index (κ3) is 7.68. The molecule has 0 aliphatic carbocycles. The van der Waals surface area contributed by atoms with Gasteiger partial charge in [-0.2, -0.15) is 13.2 Å². The molecule has 3 N–H and O–H groups in total.